The zero-order chi connectivity index (χ0) is 9.26. The average Bonchev–Trinajstić information content (AvgIpc) is 2.53. The topological polar surface area (TPSA) is 26.0 Å². The second-order valence-electron chi connectivity index (χ2n) is 2.75. The quantitative estimate of drug-likeness (QED) is 0.752. The molecule has 0 bridgehead atoms. The van der Waals surface area contributed by atoms with Crippen LogP contribution in [0.1, 0.15) is 5.89 Å². The van der Waals surface area contributed by atoms with Gasteiger partial charge in [-0.1, -0.05) is 12.1 Å². The van der Waals surface area contributed by atoms with E-state index < -0.39 is 0 Å². The molecule has 0 N–H and O–H groups in total. The van der Waals surface area contributed by atoms with Gasteiger partial charge < -0.3 is 4.42 Å². The first kappa shape index (κ1) is 8.74. The minimum absolute atomic E-state index is 0.702. The molecule has 0 fully saturated rings. The van der Waals surface area contributed by atoms with Gasteiger partial charge in [0.15, 0.2) is 11.7 Å². The molecule has 0 spiro atoms. The lowest BCUT2D eigenvalue weighted by atomic mass is 10.2. The van der Waals surface area contributed by atoms with Crippen molar-refractivity contribution in [3.05, 3.63) is 39.9 Å². The lowest BCUT2D eigenvalue weighted by Crippen LogP contribution is -1.73. The number of aryl methyl sites for hydroxylation is 1. The Morgan fingerprint density at radius 1 is 1.23 bits per heavy atom. The second kappa shape index (κ2) is 3.49. The monoisotopic (exact) mass is 285 g/mol. The van der Waals surface area contributed by atoms with Gasteiger partial charge in [0.1, 0.15) is 0 Å². The number of halogens is 1. The Morgan fingerprint density at radius 3 is 2.46 bits per heavy atom. The standard InChI is InChI=1S/C10H8INO/c1-7-12-6-10(13-7)8-2-4-9(11)5-3-8/h2-6H,1H3. The first-order valence-electron chi connectivity index (χ1n) is 3.94. The number of aromatic nitrogens is 1. The van der Waals surface area contributed by atoms with Crippen molar-refractivity contribution >= 4 is 22.6 Å². The van der Waals surface area contributed by atoms with Crippen molar-refractivity contribution < 1.29 is 4.42 Å². The molecule has 1 aromatic heterocycles. The minimum Gasteiger partial charge on any atom is -0.441 e. The van der Waals surface area contributed by atoms with Gasteiger partial charge >= 0.3 is 0 Å². The molecular formula is C10H8INO. The maximum Gasteiger partial charge on any atom is 0.191 e. The van der Waals surface area contributed by atoms with Gasteiger partial charge in [-0.3, -0.25) is 0 Å². The van der Waals surface area contributed by atoms with Crippen molar-refractivity contribution in [3.63, 3.8) is 0 Å². The summed E-state index contributed by atoms with van der Waals surface area (Å²) in [6.45, 7) is 1.84. The molecule has 0 amide bonds. The van der Waals surface area contributed by atoms with Gasteiger partial charge in [0, 0.05) is 16.1 Å². The molecular weight excluding hydrogens is 277 g/mol. The van der Waals surface area contributed by atoms with Gasteiger partial charge in [-0.25, -0.2) is 4.98 Å². The van der Waals surface area contributed by atoms with Crippen LogP contribution in [-0.2, 0) is 0 Å². The van der Waals surface area contributed by atoms with Crippen LogP contribution in [0.2, 0.25) is 0 Å². The second-order valence-corrected chi connectivity index (χ2v) is 4.00. The summed E-state index contributed by atoms with van der Waals surface area (Å²) in [7, 11) is 0. The molecule has 3 heteroatoms. The van der Waals surface area contributed by atoms with E-state index in [1.807, 2.05) is 31.2 Å². The molecule has 0 radical (unpaired) electrons. The SMILES string of the molecule is Cc1ncc(-c2ccc(I)cc2)o1. The molecule has 0 saturated heterocycles. The Hall–Kier alpha value is -0.840. The van der Waals surface area contributed by atoms with Gasteiger partial charge in [0.25, 0.3) is 0 Å². The maximum absolute atomic E-state index is 5.40. The number of nitrogens with zero attached hydrogens (tertiary/aromatic N) is 1. The largest absolute Gasteiger partial charge is 0.441 e. The van der Waals surface area contributed by atoms with Crippen LogP contribution < -0.4 is 0 Å². The van der Waals surface area contributed by atoms with Crippen LogP contribution in [0.3, 0.4) is 0 Å². The Morgan fingerprint density at radius 2 is 1.92 bits per heavy atom. The third kappa shape index (κ3) is 1.91. The summed E-state index contributed by atoms with van der Waals surface area (Å²) in [6.07, 6.45) is 1.75. The lowest BCUT2D eigenvalue weighted by Gasteiger charge is -1.95. The number of hydrogen-bond donors (Lipinski definition) is 0. The molecule has 1 aromatic carbocycles. The van der Waals surface area contributed by atoms with Crippen LogP contribution >= 0.6 is 22.6 Å². The smallest absolute Gasteiger partial charge is 0.191 e. The molecule has 2 nitrogen and oxygen atoms in total. The summed E-state index contributed by atoms with van der Waals surface area (Å²) in [5, 5.41) is 0. The summed E-state index contributed by atoms with van der Waals surface area (Å²) in [5.74, 6) is 1.53. The molecule has 0 aliphatic carbocycles. The van der Waals surface area contributed by atoms with Crippen molar-refractivity contribution in [2.24, 2.45) is 0 Å². The van der Waals surface area contributed by atoms with Crippen molar-refractivity contribution in [1.29, 1.82) is 0 Å². The molecule has 2 rings (SSSR count). The lowest BCUT2D eigenvalue weighted by molar-refractivity contribution is 0.534. The zero-order valence-electron chi connectivity index (χ0n) is 7.12. The highest BCUT2D eigenvalue weighted by atomic mass is 127. The number of oxazole rings is 1. The molecule has 0 saturated carbocycles. The van der Waals surface area contributed by atoms with Crippen molar-refractivity contribution in [1.82, 2.24) is 4.98 Å². The predicted octanol–water partition coefficient (Wildman–Crippen LogP) is 3.25. The Labute approximate surface area is 90.1 Å². The summed E-state index contributed by atoms with van der Waals surface area (Å²) in [6, 6.07) is 8.16. The van der Waals surface area contributed by atoms with E-state index in [0.717, 1.165) is 11.3 Å². The summed E-state index contributed by atoms with van der Waals surface area (Å²) in [5.41, 5.74) is 1.07. The van der Waals surface area contributed by atoms with Gasteiger partial charge in [-0.05, 0) is 34.7 Å². The van der Waals surface area contributed by atoms with Gasteiger partial charge in [-0.15, -0.1) is 0 Å². The van der Waals surface area contributed by atoms with E-state index in [9.17, 15) is 0 Å². The fraction of sp³-hybridized carbons (Fsp3) is 0.100. The number of rotatable bonds is 1. The van der Waals surface area contributed by atoms with Gasteiger partial charge in [0.05, 0.1) is 6.20 Å². The van der Waals surface area contributed by atoms with Crippen LogP contribution in [0, 0.1) is 10.5 Å². The van der Waals surface area contributed by atoms with Gasteiger partial charge in [-0.2, -0.15) is 0 Å². The number of hydrogen-bond acceptors (Lipinski definition) is 2. The van der Waals surface area contributed by atoms with Gasteiger partial charge in [0.2, 0.25) is 0 Å². The van der Waals surface area contributed by atoms with E-state index in [-0.39, 0.29) is 0 Å². The zero-order valence-corrected chi connectivity index (χ0v) is 9.28. The highest BCUT2D eigenvalue weighted by Crippen LogP contribution is 2.20. The van der Waals surface area contributed by atoms with Crippen LogP contribution in [0.15, 0.2) is 34.9 Å². The highest BCUT2D eigenvalue weighted by molar-refractivity contribution is 14.1. The van der Waals surface area contributed by atoms with E-state index in [1.165, 1.54) is 3.57 Å². The van der Waals surface area contributed by atoms with Crippen LogP contribution in [-0.4, -0.2) is 4.98 Å². The van der Waals surface area contributed by atoms with Crippen LogP contribution in [0.5, 0.6) is 0 Å². The highest BCUT2D eigenvalue weighted by Gasteiger charge is 2.02. The fourth-order valence-electron chi connectivity index (χ4n) is 1.11. The summed E-state index contributed by atoms with van der Waals surface area (Å²) < 4.78 is 6.62. The first-order chi connectivity index (χ1) is 6.25. The van der Waals surface area contributed by atoms with E-state index in [2.05, 4.69) is 27.6 Å². The molecule has 1 heterocycles. The first-order valence-corrected chi connectivity index (χ1v) is 5.02. The molecule has 13 heavy (non-hydrogen) atoms. The molecule has 2 aromatic rings. The van der Waals surface area contributed by atoms with Crippen molar-refractivity contribution in [3.8, 4) is 11.3 Å². The van der Waals surface area contributed by atoms with Crippen molar-refractivity contribution in [2.75, 3.05) is 0 Å². The fourth-order valence-corrected chi connectivity index (χ4v) is 1.47. The normalized spacial score (nSPS) is 10.3. The molecule has 0 unspecified atom stereocenters. The van der Waals surface area contributed by atoms with E-state index in [0.29, 0.717) is 5.89 Å². The summed E-state index contributed by atoms with van der Waals surface area (Å²) >= 11 is 2.27. The molecule has 0 aliphatic rings. The summed E-state index contributed by atoms with van der Waals surface area (Å²) in [4.78, 5) is 4.05. The maximum atomic E-state index is 5.40. The van der Waals surface area contributed by atoms with E-state index >= 15 is 0 Å². The Balaban J connectivity index is 2.41. The average molecular weight is 285 g/mol. The third-order valence-electron chi connectivity index (χ3n) is 1.75. The third-order valence-corrected chi connectivity index (χ3v) is 2.47. The Kier molecular flexibility index (Phi) is 2.35. The van der Waals surface area contributed by atoms with E-state index in [1.54, 1.807) is 6.20 Å². The van der Waals surface area contributed by atoms with E-state index in [4.69, 9.17) is 4.42 Å². The molecule has 0 atom stereocenters. The predicted molar refractivity (Wildman–Crippen MR) is 59.4 cm³/mol. The number of benzene rings is 1. The minimum atomic E-state index is 0.702. The molecule has 66 valence electrons. The van der Waals surface area contributed by atoms with Crippen molar-refractivity contribution in [2.45, 2.75) is 6.92 Å². The molecule has 0 aliphatic heterocycles. The van der Waals surface area contributed by atoms with Crippen LogP contribution in [0.4, 0.5) is 0 Å². The van der Waals surface area contributed by atoms with Crippen LogP contribution in [0.25, 0.3) is 11.3 Å². The Bertz CT molecular complexity index is 405.